The molecule has 2 heterocycles. The Kier molecular flexibility index (Phi) is 17.5. The van der Waals surface area contributed by atoms with Gasteiger partial charge in [0.25, 0.3) is 0 Å². The molecule has 0 aliphatic heterocycles. The van der Waals surface area contributed by atoms with Crippen LogP contribution in [0.4, 0.5) is 5.69 Å². The van der Waals surface area contributed by atoms with Gasteiger partial charge in [-0.1, -0.05) is 88.8 Å². The van der Waals surface area contributed by atoms with Crippen LogP contribution in [0.5, 0.6) is 0 Å². The van der Waals surface area contributed by atoms with Gasteiger partial charge in [-0.15, -0.1) is 5.69 Å². The SMILES string of the molecule is CC.CC.[3H]c1c(-c2ccc([N-]C(=O)CC([CH2-])CC)cc2)nc2sc3ccccc3n12.[W].[W].[W]. The Hall–Kier alpha value is -0.595. The van der Waals surface area contributed by atoms with Crippen molar-refractivity contribution >= 4 is 38.1 Å². The average molecular weight is 975 g/mol. The summed E-state index contributed by atoms with van der Waals surface area (Å²) in [5, 5.41) is 4.13. The Morgan fingerprint density at radius 1 is 1.09 bits per heavy atom. The van der Waals surface area contributed by atoms with E-state index in [-0.39, 0.29) is 75.0 Å². The topological polar surface area (TPSA) is 48.5 Å². The van der Waals surface area contributed by atoms with E-state index in [4.69, 9.17) is 1.37 Å². The number of amides is 1. The molecule has 2 aromatic heterocycles. The summed E-state index contributed by atoms with van der Waals surface area (Å²) >= 11 is 1.57. The van der Waals surface area contributed by atoms with E-state index in [1.54, 1.807) is 23.5 Å². The number of benzene rings is 2. The van der Waals surface area contributed by atoms with E-state index < -0.39 is 0 Å². The largest absolute Gasteiger partial charge is 0.627 e. The van der Waals surface area contributed by atoms with Gasteiger partial charge in [0.2, 0.25) is 0 Å². The maximum atomic E-state index is 11.9. The third kappa shape index (κ3) is 9.17. The summed E-state index contributed by atoms with van der Waals surface area (Å²) in [6.45, 7) is 13.9. The molecule has 8 heteroatoms. The van der Waals surface area contributed by atoms with E-state index in [0.29, 0.717) is 24.0 Å². The van der Waals surface area contributed by atoms with Crippen LogP contribution in [0, 0.1) is 12.8 Å². The van der Waals surface area contributed by atoms with E-state index in [1.165, 1.54) is 0 Å². The fourth-order valence-electron chi connectivity index (χ4n) is 2.79. The first-order valence-corrected chi connectivity index (χ1v) is 11.4. The summed E-state index contributed by atoms with van der Waals surface area (Å²) < 4.78 is 11.5. The second-order valence-electron chi connectivity index (χ2n) is 6.29. The van der Waals surface area contributed by atoms with Gasteiger partial charge in [-0.3, -0.25) is 4.40 Å². The number of fused-ring (bicyclic) bond motifs is 3. The number of aromatic nitrogens is 2. The molecule has 33 heavy (non-hydrogen) atoms. The van der Waals surface area contributed by atoms with Crippen molar-refractivity contribution in [3.05, 3.63) is 66.9 Å². The van der Waals surface area contributed by atoms with Crippen molar-refractivity contribution in [2.24, 2.45) is 5.92 Å². The van der Waals surface area contributed by atoms with Gasteiger partial charge in [-0.2, -0.15) is 5.92 Å². The molecule has 0 aliphatic carbocycles. The number of rotatable bonds is 5. The molecule has 0 fully saturated rings. The molecule has 4 rings (SSSR count). The quantitative estimate of drug-likeness (QED) is 0.190. The van der Waals surface area contributed by atoms with Gasteiger partial charge >= 0.3 is 0 Å². The number of nitrogens with zero attached hydrogens (tertiary/aromatic N) is 3. The number of carbonyl (C=O) groups is 1. The summed E-state index contributed by atoms with van der Waals surface area (Å²) in [4.78, 5) is 17.4. The minimum absolute atomic E-state index is 0. The molecule has 0 spiro atoms. The van der Waals surface area contributed by atoms with Gasteiger partial charge in [0.05, 0.1) is 23.2 Å². The minimum atomic E-state index is -0.153. The molecule has 0 aliphatic rings. The summed E-state index contributed by atoms with van der Waals surface area (Å²) in [5.74, 6) is -0.0561. The smallest absolute Gasteiger partial charge is 0.195 e. The molecular weight excluding hydrogens is 942 g/mol. The molecule has 0 bridgehead atoms. The number of carbonyl (C=O) groups excluding carboxylic acids is 1. The molecule has 0 saturated carbocycles. The van der Waals surface area contributed by atoms with E-state index in [2.05, 4.69) is 17.2 Å². The van der Waals surface area contributed by atoms with Crippen LogP contribution in [0.1, 0.15) is 48.8 Å². The number of thiazole rings is 1. The molecular formula is C25H31N3OSW3-2. The van der Waals surface area contributed by atoms with Crippen molar-refractivity contribution in [3.8, 4) is 11.3 Å². The van der Waals surface area contributed by atoms with Crippen LogP contribution in [0.2, 0.25) is 0 Å². The first kappa shape index (κ1) is 32.4. The number of imidazole rings is 1. The summed E-state index contributed by atoms with van der Waals surface area (Å²) in [6, 6.07) is 15.3. The Labute approximate surface area is 246 Å². The van der Waals surface area contributed by atoms with Crippen LogP contribution in [0.3, 0.4) is 0 Å². The van der Waals surface area contributed by atoms with E-state index >= 15 is 0 Å². The van der Waals surface area contributed by atoms with Gasteiger partial charge in [0.1, 0.15) is 0 Å². The number of hydrogen-bond acceptors (Lipinski definition) is 3. The first-order chi connectivity index (χ1) is 15.1. The van der Waals surface area contributed by atoms with Crippen LogP contribution in [-0.2, 0) is 68.0 Å². The Balaban J connectivity index is 0. The van der Waals surface area contributed by atoms with Crippen LogP contribution >= 0.6 is 11.3 Å². The standard InChI is InChI=1S/C21H20N3OS.2C2H6.3W/c1-3-14(2)12-20(25)22-16-10-8-15(9-11-16)17-13-24-18-6-4-5-7-19(18)26-21(24)23-17;2*1-2;;;/h4-11,13-14H,2-3,12H2,1H3,(H,22,25);2*1-2H3;;;/q-1;;;;;/p-1/i13T;;;;;. The van der Waals surface area contributed by atoms with E-state index in [1.807, 2.05) is 75.4 Å². The molecule has 1 atom stereocenters. The second kappa shape index (κ2) is 17.8. The Morgan fingerprint density at radius 2 is 1.70 bits per heavy atom. The molecule has 0 N–H and O–H groups in total. The van der Waals surface area contributed by atoms with Gasteiger partial charge in [0.15, 0.2) is 4.96 Å². The van der Waals surface area contributed by atoms with Gasteiger partial charge in [-0.25, -0.2) is 4.98 Å². The molecule has 0 radical (unpaired) electrons. The molecule has 0 saturated heterocycles. The molecule has 2 aromatic carbocycles. The number of hydrogen-bond donors (Lipinski definition) is 0. The fourth-order valence-corrected chi connectivity index (χ4v) is 3.77. The summed E-state index contributed by atoms with van der Waals surface area (Å²) in [7, 11) is 0. The monoisotopic (exact) mass is 975 g/mol. The van der Waals surface area contributed by atoms with E-state index in [0.717, 1.165) is 27.2 Å². The molecule has 178 valence electrons. The van der Waals surface area contributed by atoms with Crippen molar-refractivity contribution in [2.45, 2.75) is 47.5 Å². The average Bonchev–Trinajstić information content (AvgIpc) is 3.33. The van der Waals surface area contributed by atoms with Crippen LogP contribution in [0.25, 0.3) is 31.8 Å². The van der Waals surface area contributed by atoms with Gasteiger partial charge < -0.3 is 17.0 Å². The third-order valence-corrected chi connectivity index (χ3v) is 5.38. The predicted molar refractivity (Wildman–Crippen MR) is 130 cm³/mol. The minimum Gasteiger partial charge on any atom is -0.627 e. The molecule has 4 nitrogen and oxygen atoms in total. The predicted octanol–water partition coefficient (Wildman–Crippen LogP) is 8.04. The van der Waals surface area contributed by atoms with Crippen molar-refractivity contribution in [1.29, 1.82) is 0 Å². The summed E-state index contributed by atoms with van der Waals surface area (Å²) in [5.41, 5.74) is 3.09. The first-order valence-electron chi connectivity index (χ1n) is 11.1. The van der Waals surface area contributed by atoms with Crippen LogP contribution in [0.15, 0.2) is 54.7 Å². The fraction of sp³-hybridized carbons (Fsp3) is 0.320. The summed E-state index contributed by atoms with van der Waals surface area (Å²) in [6.07, 6.45) is 1.59. The van der Waals surface area contributed by atoms with Crippen molar-refractivity contribution in [1.82, 2.24) is 9.38 Å². The normalized spacial score (nSPS) is 10.7. The Morgan fingerprint density at radius 3 is 2.30 bits per heavy atom. The third-order valence-electron chi connectivity index (χ3n) is 4.36. The number of para-hydroxylation sites is 1. The maximum absolute atomic E-state index is 11.9. The zero-order chi connectivity index (χ0) is 23.0. The van der Waals surface area contributed by atoms with E-state index in [9.17, 15) is 4.79 Å². The molecule has 1 amide bonds. The Bertz CT molecular complexity index is 1130. The maximum Gasteiger partial charge on any atom is 0.195 e. The second-order valence-corrected chi connectivity index (χ2v) is 7.30. The van der Waals surface area contributed by atoms with Gasteiger partial charge in [-0.05, 0) is 18.6 Å². The zero-order valence-corrected chi connectivity index (χ0v) is 29.3. The van der Waals surface area contributed by atoms with Crippen molar-refractivity contribution < 1.29 is 69.4 Å². The van der Waals surface area contributed by atoms with Gasteiger partial charge in [0, 0.05) is 74.9 Å². The van der Waals surface area contributed by atoms with Crippen LogP contribution < -0.4 is 0 Å². The zero-order valence-electron chi connectivity index (χ0n) is 20.7. The molecule has 1 unspecified atom stereocenters. The molecule has 4 aromatic rings. The van der Waals surface area contributed by atoms with Crippen molar-refractivity contribution in [2.75, 3.05) is 0 Å². The van der Waals surface area contributed by atoms with Crippen LogP contribution in [-0.4, -0.2) is 15.3 Å². The van der Waals surface area contributed by atoms with Crippen molar-refractivity contribution in [3.63, 3.8) is 0 Å².